The van der Waals surface area contributed by atoms with Crippen LogP contribution >= 0.6 is 69.6 Å². The molecule has 0 N–H and O–H groups in total. The zero-order chi connectivity index (χ0) is 15.7. The van der Waals surface area contributed by atoms with Gasteiger partial charge < -0.3 is 0 Å². The molecule has 1 amide bonds. The Morgan fingerprint density at radius 1 is 1.15 bits per heavy atom. The largest absolute Gasteiger partial charge is 0.294 e. The number of allylic oxidation sites excluding steroid dienone is 2. The van der Waals surface area contributed by atoms with E-state index in [9.17, 15) is 9.59 Å². The van der Waals surface area contributed by atoms with E-state index in [2.05, 4.69) is 11.6 Å². The van der Waals surface area contributed by atoms with E-state index in [1.165, 1.54) is 6.08 Å². The van der Waals surface area contributed by atoms with Crippen molar-refractivity contribution in [1.82, 2.24) is 4.90 Å². The molecule has 4 nitrogen and oxygen atoms in total. The van der Waals surface area contributed by atoms with Gasteiger partial charge in [-0.15, -0.1) is 0 Å². The number of hydrogen-bond acceptors (Lipinski definition) is 3. The molecule has 0 saturated carbocycles. The van der Waals surface area contributed by atoms with Crippen molar-refractivity contribution in [3.8, 4) is 0 Å². The molecule has 0 aliphatic carbocycles. The fourth-order valence-electron chi connectivity index (χ4n) is 1.23. The van der Waals surface area contributed by atoms with Crippen molar-refractivity contribution >= 4 is 87.6 Å². The third-order valence-corrected chi connectivity index (χ3v) is 3.22. The smallest absolute Gasteiger partial charge is 0.284 e. The van der Waals surface area contributed by atoms with Crippen molar-refractivity contribution < 1.29 is 9.59 Å². The van der Waals surface area contributed by atoms with Gasteiger partial charge in [0.2, 0.25) is 3.79 Å². The zero-order valence-corrected chi connectivity index (χ0v) is 14.1. The predicted molar refractivity (Wildman–Crippen MR) is 82.8 cm³/mol. The molecule has 0 aromatic carbocycles. The molecule has 20 heavy (non-hydrogen) atoms. The van der Waals surface area contributed by atoms with Crippen LogP contribution in [0.25, 0.3) is 0 Å². The van der Waals surface area contributed by atoms with Gasteiger partial charge in [-0.3, -0.25) is 14.5 Å². The zero-order valence-electron chi connectivity index (χ0n) is 9.55. The van der Waals surface area contributed by atoms with Crippen molar-refractivity contribution in [2.45, 2.75) is 14.0 Å². The minimum absolute atomic E-state index is 0.137. The molecule has 1 aliphatic heterocycles. The Bertz CT molecular complexity index is 515. The topological polar surface area (TPSA) is 49.7 Å². The number of ketones is 1. The van der Waals surface area contributed by atoms with Crippen LogP contribution in [0.3, 0.4) is 0 Å². The van der Waals surface area contributed by atoms with Gasteiger partial charge in [-0.25, -0.2) is 4.99 Å². The molecular formula is C10H6Cl6N2O2. The van der Waals surface area contributed by atoms with E-state index in [-0.39, 0.29) is 12.1 Å². The highest BCUT2D eigenvalue weighted by molar-refractivity contribution is 6.77. The number of carbonyl (C=O) groups excluding carboxylic acids is 2. The summed E-state index contributed by atoms with van der Waals surface area (Å²) < 4.78 is -4.34. The molecule has 0 fully saturated rings. The Balaban J connectivity index is 3.04. The van der Waals surface area contributed by atoms with Crippen LogP contribution in [0, 0.1) is 0 Å². The van der Waals surface area contributed by atoms with Crippen LogP contribution in [0.15, 0.2) is 29.0 Å². The van der Waals surface area contributed by atoms with E-state index in [4.69, 9.17) is 69.6 Å². The number of carbonyl (C=O) groups is 2. The third kappa shape index (κ3) is 4.79. The number of rotatable bonds is 2. The van der Waals surface area contributed by atoms with Crippen molar-refractivity contribution in [3.05, 3.63) is 24.0 Å². The van der Waals surface area contributed by atoms with Gasteiger partial charge in [0, 0.05) is 5.70 Å². The van der Waals surface area contributed by atoms with Crippen LogP contribution in [0.5, 0.6) is 0 Å². The molecule has 0 atom stereocenters. The van der Waals surface area contributed by atoms with Gasteiger partial charge in [0.15, 0.2) is 5.78 Å². The van der Waals surface area contributed by atoms with Gasteiger partial charge >= 0.3 is 0 Å². The average molecular weight is 399 g/mol. The van der Waals surface area contributed by atoms with Crippen LogP contribution in [0.2, 0.25) is 0 Å². The fraction of sp³-hybridized carbons (Fsp3) is 0.300. The lowest BCUT2D eigenvalue weighted by atomic mass is 10.1. The Hall–Kier alpha value is 0.0300. The van der Waals surface area contributed by atoms with Gasteiger partial charge in [0.05, 0.1) is 12.1 Å². The maximum absolute atomic E-state index is 11.9. The highest BCUT2D eigenvalue weighted by Gasteiger charge is 2.39. The molecule has 110 valence electrons. The first-order valence-electron chi connectivity index (χ1n) is 4.87. The first-order chi connectivity index (χ1) is 8.93. The normalized spacial score (nSPS) is 16.2. The second-order valence-corrected chi connectivity index (χ2v) is 8.20. The van der Waals surface area contributed by atoms with E-state index >= 15 is 0 Å². The molecule has 10 heteroatoms. The summed E-state index contributed by atoms with van der Waals surface area (Å²) in [5.74, 6) is -1.67. The first-order valence-corrected chi connectivity index (χ1v) is 7.14. The molecule has 0 bridgehead atoms. The van der Waals surface area contributed by atoms with E-state index in [1.54, 1.807) is 0 Å². The maximum Gasteiger partial charge on any atom is 0.284 e. The lowest BCUT2D eigenvalue weighted by molar-refractivity contribution is -0.125. The quantitative estimate of drug-likeness (QED) is 0.661. The number of halogens is 6. The van der Waals surface area contributed by atoms with Crippen LogP contribution in [0.1, 0.15) is 6.42 Å². The Labute approximate surface area is 144 Å². The first kappa shape index (κ1) is 18.1. The summed E-state index contributed by atoms with van der Waals surface area (Å²) in [6.07, 6.45) is 2.06. The van der Waals surface area contributed by atoms with E-state index < -0.39 is 19.3 Å². The van der Waals surface area contributed by atoms with Gasteiger partial charge in [-0.2, -0.15) is 0 Å². The number of hydrogen-bond donors (Lipinski definition) is 0. The summed E-state index contributed by atoms with van der Waals surface area (Å²) in [6.45, 7) is 3.57. The van der Waals surface area contributed by atoms with E-state index in [1.807, 2.05) is 0 Å². The summed E-state index contributed by atoms with van der Waals surface area (Å²) in [5, 5.41) is 0. The fourth-order valence-corrected chi connectivity index (χ4v) is 1.70. The van der Waals surface area contributed by atoms with Crippen molar-refractivity contribution in [3.63, 3.8) is 0 Å². The SMILES string of the molecule is C=C1C=C(CC(=O)C(Cl)(Cl)Cl)N(C(=O)C(Cl)(Cl)Cl)C=N1. The van der Waals surface area contributed by atoms with Gasteiger partial charge in [0.1, 0.15) is 6.34 Å². The molecule has 0 radical (unpaired) electrons. The average Bonchev–Trinajstić information content (AvgIpc) is 2.25. The minimum atomic E-state index is -2.22. The third-order valence-electron chi connectivity index (χ3n) is 2.10. The Morgan fingerprint density at radius 3 is 2.15 bits per heavy atom. The standard InChI is InChI=1S/C10H6Cl6N2O2/c1-5-2-6(3-7(19)9(11,12)13)18(4-17-5)8(20)10(14,15)16/h2,4H,1,3H2. The molecule has 1 aliphatic rings. The molecule has 0 unspecified atom stereocenters. The molecule has 1 heterocycles. The summed E-state index contributed by atoms with van der Waals surface area (Å²) in [6, 6.07) is 0. The van der Waals surface area contributed by atoms with Gasteiger partial charge in [-0.1, -0.05) is 76.2 Å². The highest BCUT2D eigenvalue weighted by atomic mass is 35.6. The summed E-state index contributed by atoms with van der Waals surface area (Å²) in [7, 11) is 0. The second kappa shape index (κ2) is 6.42. The monoisotopic (exact) mass is 396 g/mol. The van der Waals surface area contributed by atoms with Crippen LogP contribution in [-0.2, 0) is 9.59 Å². The molecule has 1 rings (SSSR count). The van der Waals surface area contributed by atoms with E-state index in [0.717, 1.165) is 11.2 Å². The van der Waals surface area contributed by atoms with Crippen molar-refractivity contribution in [2.24, 2.45) is 4.99 Å². The van der Waals surface area contributed by atoms with Crippen molar-refractivity contribution in [1.29, 1.82) is 0 Å². The van der Waals surface area contributed by atoms with Crippen molar-refractivity contribution in [2.75, 3.05) is 0 Å². The van der Waals surface area contributed by atoms with Gasteiger partial charge in [-0.05, 0) is 6.08 Å². The summed E-state index contributed by atoms with van der Waals surface area (Å²) >= 11 is 32.9. The molecule has 0 saturated heterocycles. The van der Waals surface area contributed by atoms with Crippen LogP contribution in [-0.4, -0.2) is 30.5 Å². The Kier molecular flexibility index (Phi) is 5.81. The summed E-state index contributed by atoms with van der Waals surface area (Å²) in [4.78, 5) is 28.3. The molecule has 0 aromatic rings. The highest BCUT2D eigenvalue weighted by Crippen LogP contribution is 2.34. The second-order valence-electron chi connectivity index (χ2n) is 3.64. The lowest BCUT2D eigenvalue weighted by Crippen LogP contribution is -2.40. The predicted octanol–water partition coefficient (Wildman–Crippen LogP) is 3.95. The maximum atomic E-state index is 11.9. The summed E-state index contributed by atoms with van der Waals surface area (Å²) in [5.41, 5.74) is 0.433. The van der Waals surface area contributed by atoms with Crippen LogP contribution < -0.4 is 0 Å². The van der Waals surface area contributed by atoms with Crippen LogP contribution in [0.4, 0.5) is 0 Å². The number of amides is 1. The number of aliphatic imine (C=N–C) groups is 1. The molecule has 0 spiro atoms. The lowest BCUT2D eigenvalue weighted by Gasteiger charge is -2.27. The Morgan fingerprint density at radius 2 is 1.70 bits per heavy atom. The van der Waals surface area contributed by atoms with Gasteiger partial charge in [0.25, 0.3) is 9.70 Å². The minimum Gasteiger partial charge on any atom is -0.294 e. The number of alkyl halides is 6. The number of nitrogens with zero attached hydrogens (tertiary/aromatic N) is 2. The number of Topliss-reactive ketones (excluding diaryl/α,β-unsaturated/α-hetero) is 1. The molecule has 0 aromatic heterocycles. The van der Waals surface area contributed by atoms with E-state index in [0.29, 0.717) is 5.70 Å². The molecular weight excluding hydrogens is 393 g/mol.